The van der Waals surface area contributed by atoms with E-state index < -0.39 is 4.92 Å². The second-order valence-electron chi connectivity index (χ2n) is 4.08. The van der Waals surface area contributed by atoms with Gasteiger partial charge in [-0.25, -0.2) is 9.50 Å². The molecule has 2 aromatic heterocycles. The Morgan fingerprint density at radius 3 is 2.65 bits per heavy atom. The smallest absolute Gasteiger partial charge is 0.313 e. The zero-order valence-corrected chi connectivity index (χ0v) is 10.6. The Labute approximate surface area is 113 Å². The molecule has 0 aliphatic carbocycles. The third-order valence-corrected chi connectivity index (χ3v) is 2.89. The molecule has 0 spiro atoms. The molecule has 0 aliphatic rings. The van der Waals surface area contributed by atoms with Gasteiger partial charge in [-0.1, -0.05) is 0 Å². The van der Waals surface area contributed by atoms with Crippen LogP contribution in [0.5, 0.6) is 5.75 Å². The maximum atomic E-state index is 11.0. The maximum absolute atomic E-state index is 11.0. The topological polar surface area (TPSA) is 82.6 Å². The lowest BCUT2D eigenvalue weighted by Gasteiger charge is -1.99. The standard InChI is InChI=1S/C13H10N4O3/c1-20-10-6-4-9(5-7-10)12-14-13-11(17(18)19)3-2-8-16(13)15-12/h2-8H,1H3. The number of methoxy groups -OCH3 is 1. The summed E-state index contributed by atoms with van der Waals surface area (Å²) in [4.78, 5) is 14.7. The number of pyridine rings is 1. The van der Waals surface area contributed by atoms with E-state index in [1.165, 1.54) is 10.6 Å². The molecule has 0 aliphatic heterocycles. The van der Waals surface area contributed by atoms with E-state index in [1.807, 2.05) is 0 Å². The Morgan fingerprint density at radius 2 is 2.00 bits per heavy atom. The lowest BCUT2D eigenvalue weighted by atomic mass is 10.2. The van der Waals surface area contributed by atoms with Crippen LogP contribution in [0.3, 0.4) is 0 Å². The zero-order chi connectivity index (χ0) is 14.1. The molecule has 2 heterocycles. The number of benzene rings is 1. The quantitative estimate of drug-likeness (QED) is 0.538. The lowest BCUT2D eigenvalue weighted by molar-refractivity contribution is -0.383. The van der Waals surface area contributed by atoms with Crippen LogP contribution >= 0.6 is 0 Å². The van der Waals surface area contributed by atoms with Crippen molar-refractivity contribution in [1.29, 1.82) is 0 Å². The van der Waals surface area contributed by atoms with Crippen molar-refractivity contribution in [3.63, 3.8) is 0 Å². The Bertz CT molecular complexity index is 780. The van der Waals surface area contributed by atoms with E-state index in [-0.39, 0.29) is 11.3 Å². The Hall–Kier alpha value is -2.96. The van der Waals surface area contributed by atoms with Crippen LogP contribution in [0.15, 0.2) is 42.6 Å². The van der Waals surface area contributed by atoms with Gasteiger partial charge in [0.2, 0.25) is 5.65 Å². The van der Waals surface area contributed by atoms with E-state index in [2.05, 4.69) is 10.1 Å². The van der Waals surface area contributed by atoms with Crippen LogP contribution in [0.25, 0.3) is 17.0 Å². The van der Waals surface area contributed by atoms with Gasteiger partial charge in [-0.05, 0) is 30.3 Å². The van der Waals surface area contributed by atoms with Crippen molar-refractivity contribution >= 4 is 11.3 Å². The molecular formula is C13H10N4O3. The molecule has 3 rings (SSSR count). The number of hydrogen-bond donors (Lipinski definition) is 0. The number of fused-ring (bicyclic) bond motifs is 1. The summed E-state index contributed by atoms with van der Waals surface area (Å²) in [5.41, 5.74) is 0.923. The van der Waals surface area contributed by atoms with Gasteiger partial charge >= 0.3 is 5.69 Å². The first kappa shape index (κ1) is 12.1. The van der Waals surface area contributed by atoms with E-state index in [0.29, 0.717) is 5.82 Å². The van der Waals surface area contributed by atoms with Gasteiger partial charge < -0.3 is 4.74 Å². The van der Waals surface area contributed by atoms with Gasteiger partial charge in [-0.15, -0.1) is 5.10 Å². The van der Waals surface area contributed by atoms with Crippen molar-refractivity contribution in [3.8, 4) is 17.1 Å². The third kappa shape index (κ3) is 1.95. The first-order valence-corrected chi connectivity index (χ1v) is 5.83. The second kappa shape index (κ2) is 4.61. The molecule has 0 bridgehead atoms. The molecule has 20 heavy (non-hydrogen) atoms. The lowest BCUT2D eigenvalue weighted by Crippen LogP contribution is -1.93. The average Bonchev–Trinajstić information content (AvgIpc) is 2.90. The van der Waals surface area contributed by atoms with Gasteiger partial charge in [-0.2, -0.15) is 0 Å². The first-order valence-electron chi connectivity index (χ1n) is 5.83. The van der Waals surface area contributed by atoms with Crippen molar-refractivity contribution < 1.29 is 9.66 Å². The van der Waals surface area contributed by atoms with E-state index in [1.54, 1.807) is 43.6 Å². The van der Waals surface area contributed by atoms with Crippen molar-refractivity contribution in [1.82, 2.24) is 14.6 Å². The summed E-state index contributed by atoms with van der Waals surface area (Å²) < 4.78 is 6.48. The fourth-order valence-electron chi connectivity index (χ4n) is 1.90. The fourth-order valence-corrected chi connectivity index (χ4v) is 1.90. The normalized spacial score (nSPS) is 10.7. The molecule has 0 amide bonds. The minimum atomic E-state index is -0.470. The summed E-state index contributed by atoms with van der Waals surface area (Å²) in [6, 6.07) is 10.2. The number of nitro groups is 1. The molecule has 7 nitrogen and oxygen atoms in total. The number of nitrogens with zero attached hydrogens (tertiary/aromatic N) is 4. The zero-order valence-electron chi connectivity index (χ0n) is 10.6. The molecule has 7 heteroatoms. The fraction of sp³-hybridized carbons (Fsp3) is 0.0769. The molecule has 0 N–H and O–H groups in total. The highest BCUT2D eigenvalue weighted by Gasteiger charge is 2.16. The summed E-state index contributed by atoms with van der Waals surface area (Å²) in [6.07, 6.45) is 1.63. The van der Waals surface area contributed by atoms with Crippen molar-refractivity contribution in [3.05, 3.63) is 52.7 Å². The molecule has 0 saturated carbocycles. The average molecular weight is 270 g/mol. The van der Waals surface area contributed by atoms with E-state index in [4.69, 9.17) is 4.74 Å². The highest BCUT2D eigenvalue weighted by molar-refractivity contribution is 5.65. The van der Waals surface area contributed by atoms with Crippen LogP contribution in [0, 0.1) is 10.1 Å². The molecule has 0 unspecified atom stereocenters. The Morgan fingerprint density at radius 1 is 1.25 bits per heavy atom. The van der Waals surface area contributed by atoms with Crippen LogP contribution in [-0.2, 0) is 0 Å². The Balaban J connectivity index is 2.12. The summed E-state index contributed by atoms with van der Waals surface area (Å²) in [7, 11) is 1.58. The molecule has 0 radical (unpaired) electrons. The highest BCUT2D eigenvalue weighted by Crippen LogP contribution is 2.23. The third-order valence-electron chi connectivity index (χ3n) is 2.89. The monoisotopic (exact) mass is 270 g/mol. The van der Waals surface area contributed by atoms with E-state index in [9.17, 15) is 10.1 Å². The van der Waals surface area contributed by atoms with Gasteiger partial charge in [0, 0.05) is 17.8 Å². The predicted octanol–water partition coefficient (Wildman–Crippen LogP) is 2.31. The SMILES string of the molecule is COc1ccc(-c2nc3c([N+](=O)[O-])cccn3n2)cc1. The first-order chi connectivity index (χ1) is 9.69. The van der Waals surface area contributed by atoms with Gasteiger partial charge in [0.25, 0.3) is 0 Å². The molecule has 0 saturated heterocycles. The molecule has 1 aromatic carbocycles. The summed E-state index contributed by atoms with van der Waals surface area (Å²) in [5.74, 6) is 1.16. The molecule has 0 atom stereocenters. The van der Waals surface area contributed by atoms with Crippen molar-refractivity contribution in [2.24, 2.45) is 0 Å². The number of ether oxygens (including phenoxy) is 1. The van der Waals surface area contributed by atoms with Crippen molar-refractivity contribution in [2.75, 3.05) is 7.11 Å². The summed E-state index contributed by atoms with van der Waals surface area (Å²) in [5, 5.41) is 15.2. The number of aromatic nitrogens is 3. The van der Waals surface area contributed by atoms with Gasteiger partial charge in [0.15, 0.2) is 5.82 Å². The van der Waals surface area contributed by atoms with Gasteiger partial charge in [-0.3, -0.25) is 10.1 Å². The van der Waals surface area contributed by atoms with E-state index in [0.717, 1.165) is 11.3 Å². The molecule has 3 aromatic rings. The van der Waals surface area contributed by atoms with Crippen LogP contribution in [0.4, 0.5) is 5.69 Å². The predicted molar refractivity (Wildman–Crippen MR) is 71.6 cm³/mol. The maximum Gasteiger partial charge on any atom is 0.313 e. The number of hydrogen-bond acceptors (Lipinski definition) is 5. The van der Waals surface area contributed by atoms with Gasteiger partial charge in [0.05, 0.1) is 12.0 Å². The largest absolute Gasteiger partial charge is 0.497 e. The minimum Gasteiger partial charge on any atom is -0.497 e. The van der Waals surface area contributed by atoms with E-state index >= 15 is 0 Å². The van der Waals surface area contributed by atoms with Gasteiger partial charge in [0.1, 0.15) is 5.75 Å². The number of rotatable bonds is 3. The summed E-state index contributed by atoms with van der Waals surface area (Å²) in [6.45, 7) is 0. The molecule has 100 valence electrons. The second-order valence-corrected chi connectivity index (χ2v) is 4.08. The molecular weight excluding hydrogens is 260 g/mol. The molecule has 0 fully saturated rings. The Kier molecular flexibility index (Phi) is 2.79. The van der Waals surface area contributed by atoms with Crippen LogP contribution in [-0.4, -0.2) is 26.6 Å². The summed E-state index contributed by atoms with van der Waals surface area (Å²) >= 11 is 0. The van der Waals surface area contributed by atoms with Crippen LogP contribution in [0.1, 0.15) is 0 Å². The minimum absolute atomic E-state index is 0.0697. The van der Waals surface area contributed by atoms with Crippen molar-refractivity contribution in [2.45, 2.75) is 0 Å². The highest BCUT2D eigenvalue weighted by atomic mass is 16.6. The van der Waals surface area contributed by atoms with Crippen LogP contribution < -0.4 is 4.74 Å². The van der Waals surface area contributed by atoms with Crippen LogP contribution in [0.2, 0.25) is 0 Å².